The zero-order chi connectivity index (χ0) is 14.0. The quantitative estimate of drug-likeness (QED) is 0.920. The minimum absolute atomic E-state index is 0.0131. The highest BCUT2D eigenvalue weighted by atomic mass is 32.1. The number of anilines is 1. The Morgan fingerprint density at radius 2 is 2.16 bits per heavy atom. The molecule has 1 aromatic heterocycles. The van der Waals surface area contributed by atoms with Crippen molar-refractivity contribution in [1.29, 1.82) is 0 Å². The van der Waals surface area contributed by atoms with E-state index in [0.717, 1.165) is 12.1 Å². The number of hydrogen-bond donors (Lipinski definition) is 1. The molecular weight excluding hydrogens is 260 g/mol. The molecule has 1 aliphatic rings. The summed E-state index contributed by atoms with van der Waals surface area (Å²) >= 11 is 1.54. The van der Waals surface area contributed by atoms with Gasteiger partial charge in [-0.05, 0) is 23.8 Å². The molecule has 0 aromatic carbocycles. The van der Waals surface area contributed by atoms with Crippen molar-refractivity contribution in [1.82, 2.24) is 5.32 Å². The molecule has 3 atom stereocenters. The fourth-order valence-corrected chi connectivity index (χ4v) is 3.05. The first-order chi connectivity index (χ1) is 9.10. The highest BCUT2D eigenvalue weighted by molar-refractivity contribution is 7.08. The van der Waals surface area contributed by atoms with Crippen molar-refractivity contribution in [3.05, 3.63) is 16.8 Å². The van der Waals surface area contributed by atoms with Crippen molar-refractivity contribution in [3.63, 3.8) is 0 Å². The van der Waals surface area contributed by atoms with E-state index in [1.165, 1.54) is 11.3 Å². The molecule has 5 heteroatoms. The van der Waals surface area contributed by atoms with Crippen molar-refractivity contribution in [2.24, 2.45) is 5.92 Å². The van der Waals surface area contributed by atoms with E-state index in [4.69, 9.17) is 0 Å². The average molecular weight is 280 g/mol. The van der Waals surface area contributed by atoms with E-state index in [1.54, 1.807) is 4.90 Å². The summed E-state index contributed by atoms with van der Waals surface area (Å²) in [4.78, 5) is 26.5. The zero-order valence-corrected chi connectivity index (χ0v) is 12.4. The summed E-state index contributed by atoms with van der Waals surface area (Å²) in [5.41, 5.74) is 0.838. The lowest BCUT2D eigenvalue weighted by Gasteiger charge is -2.40. The van der Waals surface area contributed by atoms with Gasteiger partial charge in [0.1, 0.15) is 12.1 Å². The van der Waals surface area contributed by atoms with Crippen LogP contribution in [0.5, 0.6) is 0 Å². The Labute approximate surface area is 117 Å². The molecule has 19 heavy (non-hydrogen) atoms. The van der Waals surface area contributed by atoms with Gasteiger partial charge in [0.15, 0.2) is 0 Å². The molecule has 1 fully saturated rings. The van der Waals surface area contributed by atoms with Gasteiger partial charge in [0.05, 0.1) is 5.69 Å². The maximum Gasteiger partial charge on any atom is 0.250 e. The van der Waals surface area contributed by atoms with Crippen LogP contribution in [-0.4, -0.2) is 23.9 Å². The lowest BCUT2D eigenvalue weighted by atomic mass is 9.93. The smallest absolute Gasteiger partial charge is 0.250 e. The molecule has 1 aromatic rings. The van der Waals surface area contributed by atoms with Crippen LogP contribution in [0.15, 0.2) is 16.8 Å². The fourth-order valence-electron chi connectivity index (χ4n) is 2.42. The molecule has 2 heterocycles. The summed E-state index contributed by atoms with van der Waals surface area (Å²) < 4.78 is 0. The van der Waals surface area contributed by atoms with Gasteiger partial charge in [0.25, 0.3) is 5.91 Å². The van der Waals surface area contributed by atoms with Gasteiger partial charge in [0.2, 0.25) is 5.91 Å². The van der Waals surface area contributed by atoms with E-state index >= 15 is 0 Å². The second-order valence-corrected chi connectivity index (χ2v) is 5.77. The van der Waals surface area contributed by atoms with Crippen LogP contribution in [0.3, 0.4) is 0 Å². The molecule has 1 aliphatic heterocycles. The van der Waals surface area contributed by atoms with Gasteiger partial charge >= 0.3 is 0 Å². The summed E-state index contributed by atoms with van der Waals surface area (Å²) in [5, 5.41) is 6.74. The Bertz CT molecular complexity index is 458. The topological polar surface area (TPSA) is 49.4 Å². The van der Waals surface area contributed by atoms with Crippen LogP contribution in [0.25, 0.3) is 0 Å². The van der Waals surface area contributed by atoms with Crippen molar-refractivity contribution >= 4 is 28.8 Å². The molecular formula is C14H20N2O2S. The number of hydrogen-bond acceptors (Lipinski definition) is 3. The second-order valence-electron chi connectivity index (χ2n) is 4.99. The Kier molecular flexibility index (Phi) is 4.24. The minimum Gasteiger partial charge on any atom is -0.342 e. The Morgan fingerprint density at radius 3 is 2.68 bits per heavy atom. The SMILES string of the molecule is CCC(C)C1NC(=O)C(CC)N(c2ccsc2)C1=O. The van der Waals surface area contributed by atoms with Crippen molar-refractivity contribution in [3.8, 4) is 0 Å². The monoisotopic (exact) mass is 280 g/mol. The zero-order valence-electron chi connectivity index (χ0n) is 11.6. The molecule has 0 saturated carbocycles. The third-order valence-corrected chi connectivity index (χ3v) is 4.47. The molecule has 1 N–H and O–H groups in total. The van der Waals surface area contributed by atoms with Gasteiger partial charge in [-0.3, -0.25) is 14.5 Å². The molecule has 4 nitrogen and oxygen atoms in total. The van der Waals surface area contributed by atoms with Gasteiger partial charge in [-0.2, -0.15) is 11.3 Å². The Morgan fingerprint density at radius 1 is 1.42 bits per heavy atom. The summed E-state index contributed by atoms with van der Waals surface area (Å²) in [6.07, 6.45) is 1.49. The maximum absolute atomic E-state index is 12.7. The largest absolute Gasteiger partial charge is 0.342 e. The van der Waals surface area contributed by atoms with Crippen LogP contribution in [0.1, 0.15) is 33.6 Å². The molecule has 1 saturated heterocycles. The first-order valence-corrected chi connectivity index (χ1v) is 7.70. The number of carbonyl (C=O) groups is 2. The van der Waals surface area contributed by atoms with Gasteiger partial charge in [-0.25, -0.2) is 0 Å². The predicted molar refractivity (Wildman–Crippen MR) is 77.3 cm³/mol. The van der Waals surface area contributed by atoms with E-state index < -0.39 is 6.04 Å². The van der Waals surface area contributed by atoms with Gasteiger partial charge in [0, 0.05) is 5.38 Å². The van der Waals surface area contributed by atoms with Crippen molar-refractivity contribution < 1.29 is 9.59 Å². The third-order valence-electron chi connectivity index (χ3n) is 3.80. The number of thiophene rings is 1. The van der Waals surface area contributed by atoms with E-state index in [1.807, 2.05) is 37.6 Å². The van der Waals surface area contributed by atoms with Crippen LogP contribution in [0.4, 0.5) is 5.69 Å². The molecule has 0 spiro atoms. The molecule has 0 bridgehead atoms. The van der Waals surface area contributed by atoms with Crippen molar-refractivity contribution in [2.75, 3.05) is 4.90 Å². The van der Waals surface area contributed by atoms with Crippen LogP contribution in [-0.2, 0) is 9.59 Å². The number of carbonyl (C=O) groups excluding carboxylic acids is 2. The second kappa shape index (κ2) is 5.74. The highest BCUT2D eigenvalue weighted by Crippen LogP contribution is 2.27. The normalized spacial score (nSPS) is 25.3. The highest BCUT2D eigenvalue weighted by Gasteiger charge is 2.42. The van der Waals surface area contributed by atoms with Crippen LogP contribution >= 0.6 is 11.3 Å². The Balaban J connectivity index is 2.35. The molecule has 104 valence electrons. The molecule has 0 radical (unpaired) electrons. The predicted octanol–water partition coefficient (Wildman–Crippen LogP) is 2.40. The van der Waals surface area contributed by atoms with Gasteiger partial charge in [-0.15, -0.1) is 0 Å². The van der Waals surface area contributed by atoms with E-state index in [0.29, 0.717) is 6.42 Å². The fraction of sp³-hybridized carbons (Fsp3) is 0.571. The average Bonchev–Trinajstić information content (AvgIpc) is 2.93. The Hall–Kier alpha value is -1.36. The van der Waals surface area contributed by atoms with E-state index in [-0.39, 0.29) is 23.8 Å². The lowest BCUT2D eigenvalue weighted by Crippen LogP contribution is -2.65. The molecule has 2 amide bonds. The maximum atomic E-state index is 12.7. The number of nitrogens with one attached hydrogen (secondary N) is 1. The lowest BCUT2D eigenvalue weighted by molar-refractivity contribution is -0.135. The van der Waals surface area contributed by atoms with E-state index in [9.17, 15) is 9.59 Å². The minimum atomic E-state index is -0.403. The summed E-state index contributed by atoms with van der Waals surface area (Å²) in [7, 11) is 0. The standard InChI is InChI=1S/C14H20N2O2S/c1-4-9(3)12-14(18)16(10-6-7-19-8-10)11(5-2)13(17)15-12/h6-9,11-12H,4-5H2,1-3H3,(H,15,17). The van der Waals surface area contributed by atoms with Crippen LogP contribution in [0.2, 0.25) is 0 Å². The number of nitrogens with zero attached hydrogens (tertiary/aromatic N) is 1. The van der Waals surface area contributed by atoms with Crippen LogP contribution in [0, 0.1) is 5.92 Å². The van der Waals surface area contributed by atoms with E-state index in [2.05, 4.69) is 5.32 Å². The number of piperazine rings is 1. The molecule has 0 aliphatic carbocycles. The van der Waals surface area contributed by atoms with Crippen LogP contribution < -0.4 is 10.2 Å². The first-order valence-electron chi connectivity index (χ1n) is 6.75. The van der Waals surface area contributed by atoms with Gasteiger partial charge in [-0.1, -0.05) is 27.2 Å². The third kappa shape index (κ3) is 2.52. The summed E-state index contributed by atoms with van der Waals surface area (Å²) in [5.74, 6) is 0.119. The van der Waals surface area contributed by atoms with Gasteiger partial charge < -0.3 is 5.32 Å². The summed E-state index contributed by atoms with van der Waals surface area (Å²) in [6.45, 7) is 5.96. The van der Waals surface area contributed by atoms with Crippen molar-refractivity contribution in [2.45, 2.75) is 45.7 Å². The molecule has 3 unspecified atom stereocenters. The number of rotatable bonds is 4. The molecule has 2 rings (SSSR count). The number of amides is 2. The first kappa shape index (κ1) is 14.1. The summed E-state index contributed by atoms with van der Waals surface area (Å²) in [6, 6.07) is 1.11.